The minimum absolute atomic E-state index is 0. The normalized spacial score (nSPS) is 9.81. The van der Waals surface area contributed by atoms with Gasteiger partial charge >= 0.3 is 41.5 Å². The first-order chi connectivity index (χ1) is 12.6. The minimum atomic E-state index is -0.791. The van der Waals surface area contributed by atoms with Crippen molar-refractivity contribution >= 4 is 47.3 Å². The Morgan fingerprint density at radius 2 is 1.19 bits per heavy atom. The zero-order valence-corrected chi connectivity index (χ0v) is 14.1. The van der Waals surface area contributed by atoms with Crippen LogP contribution in [0.5, 0.6) is 0 Å². The standard InChI is InChI=1S/C22H16O4.Na.H/c1-15-12-13-18(14-19(15)20(23)16-8-4-2-5-9-16)22(25)26-21(24)17-10-6-3-7-11-17;;/h2-14H,1H3;;. The van der Waals surface area contributed by atoms with Crippen LogP contribution >= 0.6 is 0 Å². The van der Waals surface area contributed by atoms with Gasteiger partial charge in [0.05, 0.1) is 11.1 Å². The molecule has 0 N–H and O–H groups in total. The van der Waals surface area contributed by atoms with E-state index in [0.717, 1.165) is 5.56 Å². The van der Waals surface area contributed by atoms with Gasteiger partial charge in [0.25, 0.3) is 0 Å². The van der Waals surface area contributed by atoms with Crippen LogP contribution in [0.4, 0.5) is 0 Å². The van der Waals surface area contributed by atoms with Gasteiger partial charge in [-0.1, -0.05) is 54.6 Å². The van der Waals surface area contributed by atoms with Gasteiger partial charge in [0.2, 0.25) is 0 Å². The van der Waals surface area contributed by atoms with Gasteiger partial charge in [-0.05, 0) is 36.8 Å². The van der Waals surface area contributed by atoms with E-state index in [2.05, 4.69) is 0 Å². The zero-order valence-electron chi connectivity index (χ0n) is 14.1. The summed E-state index contributed by atoms with van der Waals surface area (Å²) in [4.78, 5) is 37.0. The van der Waals surface area contributed by atoms with E-state index in [1.807, 2.05) is 6.07 Å². The fraction of sp³-hybridized carbons (Fsp3) is 0.0455. The number of rotatable bonds is 4. The summed E-state index contributed by atoms with van der Waals surface area (Å²) in [6.07, 6.45) is 0. The van der Waals surface area contributed by atoms with E-state index in [4.69, 9.17) is 4.74 Å². The average Bonchev–Trinajstić information content (AvgIpc) is 2.69. The predicted molar refractivity (Wildman–Crippen MR) is 104 cm³/mol. The second-order valence-electron chi connectivity index (χ2n) is 5.77. The van der Waals surface area contributed by atoms with Crippen LogP contribution in [0.1, 0.15) is 42.2 Å². The summed E-state index contributed by atoms with van der Waals surface area (Å²) in [5.74, 6) is -1.71. The molecule has 0 atom stereocenters. The maximum atomic E-state index is 12.7. The Kier molecular flexibility index (Phi) is 7.25. The molecule has 0 aliphatic carbocycles. The molecule has 0 spiro atoms. The van der Waals surface area contributed by atoms with Crippen LogP contribution in [0.2, 0.25) is 0 Å². The molecule has 5 heteroatoms. The number of benzene rings is 3. The molecular weight excluding hydrogens is 351 g/mol. The van der Waals surface area contributed by atoms with Crippen molar-refractivity contribution in [1.82, 2.24) is 0 Å². The first kappa shape index (κ1) is 20.8. The molecule has 130 valence electrons. The van der Waals surface area contributed by atoms with Crippen LogP contribution in [0.3, 0.4) is 0 Å². The van der Waals surface area contributed by atoms with Gasteiger partial charge in [-0.15, -0.1) is 0 Å². The van der Waals surface area contributed by atoms with Gasteiger partial charge < -0.3 is 4.74 Å². The van der Waals surface area contributed by atoms with Crippen molar-refractivity contribution in [2.24, 2.45) is 0 Å². The molecule has 0 aliphatic heterocycles. The Labute approximate surface area is 179 Å². The van der Waals surface area contributed by atoms with Crippen molar-refractivity contribution in [1.29, 1.82) is 0 Å². The van der Waals surface area contributed by atoms with Crippen LogP contribution in [0, 0.1) is 6.92 Å². The third kappa shape index (κ3) is 5.01. The van der Waals surface area contributed by atoms with E-state index in [1.54, 1.807) is 67.6 Å². The number of ketones is 1. The average molecular weight is 368 g/mol. The molecule has 0 amide bonds. The van der Waals surface area contributed by atoms with E-state index in [9.17, 15) is 14.4 Å². The van der Waals surface area contributed by atoms with Gasteiger partial charge in [0.1, 0.15) is 0 Å². The molecule has 3 rings (SSSR count). The molecule has 0 aliphatic rings. The maximum absolute atomic E-state index is 12.7. The number of aryl methyl sites for hydroxylation is 1. The molecule has 3 aromatic carbocycles. The van der Waals surface area contributed by atoms with Crippen LogP contribution < -0.4 is 0 Å². The fourth-order valence-electron chi connectivity index (χ4n) is 2.51. The summed E-state index contributed by atoms with van der Waals surface area (Å²) in [6.45, 7) is 1.79. The second kappa shape index (κ2) is 9.42. The summed E-state index contributed by atoms with van der Waals surface area (Å²) in [5.41, 5.74) is 2.11. The van der Waals surface area contributed by atoms with E-state index in [0.29, 0.717) is 11.1 Å². The summed E-state index contributed by atoms with van der Waals surface area (Å²) in [5, 5.41) is 0. The van der Waals surface area contributed by atoms with E-state index < -0.39 is 11.9 Å². The topological polar surface area (TPSA) is 60.4 Å². The first-order valence-corrected chi connectivity index (χ1v) is 8.08. The Bertz CT molecular complexity index is 966. The molecule has 27 heavy (non-hydrogen) atoms. The molecular formula is C22H17NaO4. The van der Waals surface area contributed by atoms with Crippen molar-refractivity contribution < 1.29 is 19.1 Å². The van der Waals surface area contributed by atoms with Gasteiger partial charge in [0.15, 0.2) is 5.78 Å². The number of carbonyl (C=O) groups is 3. The van der Waals surface area contributed by atoms with Gasteiger partial charge in [-0.2, -0.15) is 0 Å². The Morgan fingerprint density at radius 1 is 0.667 bits per heavy atom. The van der Waals surface area contributed by atoms with Crippen molar-refractivity contribution in [3.8, 4) is 0 Å². The second-order valence-corrected chi connectivity index (χ2v) is 5.77. The Hall–Kier alpha value is -2.53. The number of hydrogen-bond acceptors (Lipinski definition) is 4. The van der Waals surface area contributed by atoms with Crippen LogP contribution in [0.15, 0.2) is 78.9 Å². The first-order valence-electron chi connectivity index (χ1n) is 8.08. The molecule has 0 fully saturated rings. The predicted octanol–water partition coefficient (Wildman–Crippen LogP) is 3.57. The molecule has 0 heterocycles. The SMILES string of the molecule is Cc1ccc(C(=O)OC(=O)c2ccccc2)cc1C(=O)c1ccccc1.[NaH]. The number of esters is 2. The van der Waals surface area contributed by atoms with Crippen molar-refractivity contribution in [2.75, 3.05) is 0 Å². The fourth-order valence-corrected chi connectivity index (χ4v) is 2.51. The molecule has 0 saturated carbocycles. The Morgan fingerprint density at radius 3 is 1.78 bits per heavy atom. The molecule has 4 nitrogen and oxygen atoms in total. The molecule has 3 aromatic rings. The molecule has 0 radical (unpaired) electrons. The number of carbonyl (C=O) groups excluding carboxylic acids is 3. The van der Waals surface area contributed by atoms with Gasteiger partial charge in [-0.3, -0.25) is 4.79 Å². The van der Waals surface area contributed by atoms with Crippen molar-refractivity contribution in [3.63, 3.8) is 0 Å². The molecule has 0 aromatic heterocycles. The van der Waals surface area contributed by atoms with Crippen molar-refractivity contribution in [2.45, 2.75) is 6.92 Å². The van der Waals surface area contributed by atoms with E-state index >= 15 is 0 Å². The quantitative estimate of drug-likeness (QED) is 0.306. The molecule has 0 saturated heterocycles. The van der Waals surface area contributed by atoms with Crippen LogP contribution in [0.25, 0.3) is 0 Å². The van der Waals surface area contributed by atoms with E-state index in [1.165, 1.54) is 12.1 Å². The third-order valence-electron chi connectivity index (χ3n) is 3.95. The number of ether oxygens (including phenoxy) is 1. The summed E-state index contributed by atoms with van der Waals surface area (Å²) < 4.78 is 4.91. The molecule has 0 bridgehead atoms. The summed E-state index contributed by atoms with van der Waals surface area (Å²) in [6, 6.07) is 21.7. The van der Waals surface area contributed by atoms with E-state index in [-0.39, 0.29) is 46.5 Å². The monoisotopic (exact) mass is 368 g/mol. The van der Waals surface area contributed by atoms with Crippen molar-refractivity contribution in [3.05, 3.63) is 107 Å². The van der Waals surface area contributed by atoms with Gasteiger partial charge in [0, 0.05) is 11.1 Å². The third-order valence-corrected chi connectivity index (χ3v) is 3.95. The van der Waals surface area contributed by atoms with Crippen LogP contribution in [-0.4, -0.2) is 47.3 Å². The number of hydrogen-bond donors (Lipinski definition) is 0. The molecule has 0 unspecified atom stereocenters. The summed E-state index contributed by atoms with van der Waals surface area (Å²) >= 11 is 0. The summed E-state index contributed by atoms with van der Waals surface area (Å²) in [7, 11) is 0. The van der Waals surface area contributed by atoms with Crippen LogP contribution in [-0.2, 0) is 4.74 Å². The Balaban J connectivity index is 0.00000261. The van der Waals surface area contributed by atoms with Gasteiger partial charge in [-0.25, -0.2) is 9.59 Å². The zero-order chi connectivity index (χ0) is 18.5.